The van der Waals surface area contributed by atoms with Crippen molar-refractivity contribution in [3.05, 3.63) is 29.0 Å². The molecule has 0 atom stereocenters. The van der Waals surface area contributed by atoms with Gasteiger partial charge in [-0.05, 0) is 35.9 Å². The Balaban J connectivity index is 2.44. The Kier molecular flexibility index (Phi) is 5.93. The Morgan fingerprint density at radius 3 is 2.41 bits per heavy atom. The zero-order valence-electron chi connectivity index (χ0n) is 11.2. The highest BCUT2D eigenvalue weighted by atomic mass is 35.5. The van der Waals surface area contributed by atoms with Crippen molar-refractivity contribution in [1.82, 2.24) is 10.3 Å². The number of halogens is 1. The molecule has 0 aliphatic heterocycles. The summed E-state index contributed by atoms with van der Waals surface area (Å²) in [6, 6.07) is 1.97. The number of nitrogens with zero attached hydrogens (tertiary/aromatic N) is 1. The van der Waals surface area contributed by atoms with Crippen LogP contribution in [0.15, 0.2) is 18.5 Å². The summed E-state index contributed by atoms with van der Waals surface area (Å²) in [4.78, 5) is 3.98. The topological polar surface area (TPSA) is 24.9 Å². The van der Waals surface area contributed by atoms with Crippen LogP contribution in [-0.2, 0) is 6.54 Å². The third-order valence-corrected chi connectivity index (χ3v) is 3.60. The first kappa shape index (κ1) is 14.5. The molecule has 0 aromatic carbocycles. The summed E-state index contributed by atoms with van der Waals surface area (Å²) >= 11 is 6.06. The Morgan fingerprint density at radius 1 is 1.24 bits per heavy atom. The molecule has 0 amide bonds. The Hall–Kier alpha value is -0.600. The molecule has 0 saturated heterocycles. The van der Waals surface area contributed by atoms with E-state index >= 15 is 0 Å². The summed E-state index contributed by atoms with van der Waals surface area (Å²) < 4.78 is 0. The molecule has 1 N–H and O–H groups in total. The fourth-order valence-electron chi connectivity index (χ4n) is 2.16. The van der Waals surface area contributed by atoms with Crippen LogP contribution in [0, 0.1) is 17.8 Å². The van der Waals surface area contributed by atoms with Crippen molar-refractivity contribution in [2.45, 2.75) is 34.2 Å². The van der Waals surface area contributed by atoms with Gasteiger partial charge in [0, 0.05) is 18.9 Å². The van der Waals surface area contributed by atoms with E-state index in [9.17, 15) is 0 Å². The number of hydrogen-bond acceptors (Lipinski definition) is 2. The molecule has 0 saturated carbocycles. The van der Waals surface area contributed by atoms with Gasteiger partial charge in [-0.2, -0.15) is 0 Å². The zero-order valence-corrected chi connectivity index (χ0v) is 12.0. The SMILES string of the molecule is CC(C)C(CNCc1ccncc1Cl)C(C)C. The lowest BCUT2D eigenvalue weighted by molar-refractivity contribution is 0.275. The highest BCUT2D eigenvalue weighted by Crippen LogP contribution is 2.20. The fraction of sp³-hybridized carbons (Fsp3) is 0.643. The van der Waals surface area contributed by atoms with Crippen molar-refractivity contribution in [2.75, 3.05) is 6.54 Å². The summed E-state index contributed by atoms with van der Waals surface area (Å²) in [7, 11) is 0. The van der Waals surface area contributed by atoms with E-state index in [1.165, 1.54) is 0 Å². The van der Waals surface area contributed by atoms with Crippen molar-refractivity contribution in [1.29, 1.82) is 0 Å². The second-order valence-corrected chi connectivity index (χ2v) is 5.66. The smallest absolute Gasteiger partial charge is 0.0634 e. The summed E-state index contributed by atoms with van der Waals surface area (Å²) in [5, 5.41) is 4.23. The quantitative estimate of drug-likeness (QED) is 0.836. The molecular formula is C14H23ClN2. The molecular weight excluding hydrogens is 232 g/mol. The lowest BCUT2D eigenvalue weighted by Gasteiger charge is -2.25. The third-order valence-electron chi connectivity index (χ3n) is 3.26. The maximum Gasteiger partial charge on any atom is 0.0634 e. The van der Waals surface area contributed by atoms with Gasteiger partial charge in [0.2, 0.25) is 0 Å². The first-order chi connectivity index (χ1) is 8.02. The number of pyridine rings is 1. The molecule has 0 radical (unpaired) electrons. The summed E-state index contributed by atoms with van der Waals surface area (Å²) in [6.07, 6.45) is 3.48. The molecule has 1 aromatic rings. The summed E-state index contributed by atoms with van der Waals surface area (Å²) in [6.45, 7) is 11.0. The van der Waals surface area contributed by atoms with Crippen LogP contribution in [0.1, 0.15) is 33.3 Å². The second-order valence-electron chi connectivity index (χ2n) is 5.25. The van der Waals surface area contributed by atoms with E-state index in [1.807, 2.05) is 6.07 Å². The minimum absolute atomic E-state index is 0.704. The van der Waals surface area contributed by atoms with Gasteiger partial charge in [-0.1, -0.05) is 39.3 Å². The minimum atomic E-state index is 0.704. The largest absolute Gasteiger partial charge is 0.312 e. The van der Waals surface area contributed by atoms with Crippen molar-refractivity contribution >= 4 is 11.6 Å². The van der Waals surface area contributed by atoms with E-state index in [1.54, 1.807) is 12.4 Å². The van der Waals surface area contributed by atoms with Crippen LogP contribution in [0.25, 0.3) is 0 Å². The van der Waals surface area contributed by atoms with Gasteiger partial charge in [-0.3, -0.25) is 4.98 Å². The van der Waals surface area contributed by atoms with Crippen molar-refractivity contribution in [3.63, 3.8) is 0 Å². The maximum absolute atomic E-state index is 6.06. The second kappa shape index (κ2) is 6.97. The van der Waals surface area contributed by atoms with Gasteiger partial charge >= 0.3 is 0 Å². The molecule has 1 heterocycles. The van der Waals surface area contributed by atoms with Gasteiger partial charge in [-0.25, -0.2) is 0 Å². The van der Waals surface area contributed by atoms with Gasteiger partial charge in [-0.15, -0.1) is 0 Å². The Morgan fingerprint density at radius 2 is 1.88 bits per heavy atom. The summed E-state index contributed by atoms with van der Waals surface area (Å²) in [5.41, 5.74) is 1.12. The molecule has 0 bridgehead atoms. The van der Waals surface area contributed by atoms with Gasteiger partial charge < -0.3 is 5.32 Å². The van der Waals surface area contributed by atoms with Crippen molar-refractivity contribution in [2.24, 2.45) is 17.8 Å². The number of rotatable bonds is 6. The van der Waals surface area contributed by atoms with Crippen LogP contribution in [0.5, 0.6) is 0 Å². The van der Waals surface area contributed by atoms with Crippen LogP contribution >= 0.6 is 11.6 Å². The Bertz CT molecular complexity index is 329. The highest BCUT2D eigenvalue weighted by molar-refractivity contribution is 6.31. The van der Waals surface area contributed by atoms with Crippen LogP contribution in [-0.4, -0.2) is 11.5 Å². The molecule has 3 heteroatoms. The average molecular weight is 255 g/mol. The maximum atomic E-state index is 6.06. The number of hydrogen-bond donors (Lipinski definition) is 1. The van der Waals surface area contributed by atoms with Crippen LogP contribution < -0.4 is 5.32 Å². The molecule has 0 aliphatic carbocycles. The number of aromatic nitrogens is 1. The molecule has 1 rings (SSSR count). The van der Waals surface area contributed by atoms with E-state index in [-0.39, 0.29) is 0 Å². The molecule has 0 unspecified atom stereocenters. The molecule has 0 spiro atoms. The van der Waals surface area contributed by atoms with Crippen molar-refractivity contribution in [3.8, 4) is 0 Å². The van der Waals surface area contributed by atoms with E-state index in [0.717, 1.165) is 23.7 Å². The minimum Gasteiger partial charge on any atom is -0.312 e. The number of nitrogens with one attached hydrogen (secondary N) is 1. The molecule has 17 heavy (non-hydrogen) atoms. The monoisotopic (exact) mass is 254 g/mol. The van der Waals surface area contributed by atoms with E-state index < -0.39 is 0 Å². The molecule has 0 aliphatic rings. The molecule has 96 valence electrons. The van der Waals surface area contributed by atoms with E-state index in [0.29, 0.717) is 17.8 Å². The predicted octanol–water partition coefficient (Wildman–Crippen LogP) is 3.75. The van der Waals surface area contributed by atoms with Crippen LogP contribution in [0.2, 0.25) is 5.02 Å². The lowest BCUT2D eigenvalue weighted by Crippen LogP contribution is -2.29. The Labute approximate surface area is 110 Å². The lowest BCUT2D eigenvalue weighted by atomic mass is 9.85. The van der Waals surface area contributed by atoms with Gasteiger partial charge in [0.1, 0.15) is 0 Å². The van der Waals surface area contributed by atoms with Gasteiger partial charge in [0.25, 0.3) is 0 Å². The summed E-state index contributed by atoms with van der Waals surface area (Å²) in [5.74, 6) is 2.11. The van der Waals surface area contributed by atoms with Gasteiger partial charge in [0.05, 0.1) is 5.02 Å². The molecule has 1 aromatic heterocycles. The van der Waals surface area contributed by atoms with Crippen molar-refractivity contribution < 1.29 is 0 Å². The normalized spacial score (nSPS) is 11.8. The molecule has 2 nitrogen and oxygen atoms in total. The van der Waals surface area contributed by atoms with E-state index in [2.05, 4.69) is 38.0 Å². The standard InChI is InChI=1S/C14H23ClN2/c1-10(2)13(11(3)4)8-17-7-12-5-6-16-9-14(12)15/h5-6,9-11,13,17H,7-8H2,1-4H3. The van der Waals surface area contributed by atoms with Gasteiger partial charge in [0.15, 0.2) is 0 Å². The van der Waals surface area contributed by atoms with E-state index in [4.69, 9.17) is 11.6 Å². The first-order valence-electron chi connectivity index (χ1n) is 6.31. The van der Waals surface area contributed by atoms with Crippen LogP contribution in [0.4, 0.5) is 0 Å². The molecule has 0 fully saturated rings. The third kappa shape index (κ3) is 4.64. The zero-order chi connectivity index (χ0) is 12.8. The first-order valence-corrected chi connectivity index (χ1v) is 6.69. The predicted molar refractivity (Wildman–Crippen MR) is 74.1 cm³/mol. The van der Waals surface area contributed by atoms with Crippen LogP contribution in [0.3, 0.4) is 0 Å². The fourth-order valence-corrected chi connectivity index (χ4v) is 2.35. The highest BCUT2D eigenvalue weighted by Gasteiger charge is 2.16. The average Bonchev–Trinajstić information content (AvgIpc) is 2.25.